The molecule has 0 saturated carbocycles. The van der Waals surface area contributed by atoms with Crippen molar-refractivity contribution in [2.75, 3.05) is 0 Å². The van der Waals surface area contributed by atoms with E-state index in [0.717, 1.165) is 11.1 Å². The Morgan fingerprint density at radius 2 is 1.68 bits per heavy atom. The molecule has 0 fully saturated rings. The third-order valence-electron chi connectivity index (χ3n) is 4.32. The van der Waals surface area contributed by atoms with Crippen molar-refractivity contribution in [2.24, 2.45) is 0 Å². The zero-order valence-electron chi connectivity index (χ0n) is 17.0. The molecule has 0 aliphatic carbocycles. The van der Waals surface area contributed by atoms with Crippen LogP contribution in [0.25, 0.3) is 0 Å². The molecule has 0 bridgehead atoms. The lowest BCUT2D eigenvalue weighted by Gasteiger charge is -2.33. The molecule has 2 amide bonds. The van der Waals surface area contributed by atoms with Crippen molar-refractivity contribution in [1.29, 1.82) is 0 Å². The SMILES string of the molecule is CC[C@H](C(=O)NC(C)(C)C)N(Cc1ccccc1)C(=O)Cc1cccc(Cl)c1. The highest BCUT2D eigenvalue weighted by atomic mass is 35.5. The number of nitrogens with one attached hydrogen (secondary N) is 1. The number of carbonyl (C=O) groups is 2. The van der Waals surface area contributed by atoms with Gasteiger partial charge in [0, 0.05) is 17.1 Å². The van der Waals surface area contributed by atoms with E-state index in [-0.39, 0.29) is 23.8 Å². The molecule has 0 saturated heterocycles. The maximum Gasteiger partial charge on any atom is 0.243 e. The predicted octanol–water partition coefficient (Wildman–Crippen LogP) is 4.60. The van der Waals surface area contributed by atoms with E-state index in [1.54, 1.807) is 17.0 Å². The second kappa shape index (κ2) is 9.74. The topological polar surface area (TPSA) is 49.4 Å². The van der Waals surface area contributed by atoms with Crippen molar-refractivity contribution in [1.82, 2.24) is 10.2 Å². The van der Waals surface area contributed by atoms with Crippen molar-refractivity contribution in [3.8, 4) is 0 Å². The number of nitrogens with zero attached hydrogens (tertiary/aromatic N) is 1. The Morgan fingerprint density at radius 1 is 1.04 bits per heavy atom. The minimum absolute atomic E-state index is 0.0953. The summed E-state index contributed by atoms with van der Waals surface area (Å²) in [5.41, 5.74) is 1.46. The fourth-order valence-electron chi connectivity index (χ4n) is 3.08. The van der Waals surface area contributed by atoms with Crippen LogP contribution in [0.1, 0.15) is 45.2 Å². The molecule has 150 valence electrons. The van der Waals surface area contributed by atoms with E-state index >= 15 is 0 Å². The van der Waals surface area contributed by atoms with E-state index in [4.69, 9.17) is 11.6 Å². The fraction of sp³-hybridized carbons (Fsp3) is 0.391. The van der Waals surface area contributed by atoms with Crippen LogP contribution in [0.2, 0.25) is 5.02 Å². The van der Waals surface area contributed by atoms with Crippen molar-refractivity contribution in [3.05, 3.63) is 70.7 Å². The summed E-state index contributed by atoms with van der Waals surface area (Å²) in [7, 11) is 0. The van der Waals surface area contributed by atoms with Crippen LogP contribution in [-0.2, 0) is 22.6 Å². The Balaban J connectivity index is 2.28. The summed E-state index contributed by atoms with van der Waals surface area (Å²) in [6.07, 6.45) is 0.739. The zero-order valence-corrected chi connectivity index (χ0v) is 17.8. The second-order valence-corrected chi connectivity index (χ2v) is 8.41. The van der Waals surface area contributed by atoms with Gasteiger partial charge in [-0.15, -0.1) is 0 Å². The fourth-order valence-corrected chi connectivity index (χ4v) is 3.29. The molecule has 4 nitrogen and oxygen atoms in total. The van der Waals surface area contributed by atoms with Gasteiger partial charge in [-0.25, -0.2) is 0 Å². The standard InChI is InChI=1S/C23H29ClN2O2/c1-5-20(22(28)25-23(2,3)4)26(16-17-10-7-6-8-11-17)21(27)15-18-12-9-13-19(24)14-18/h6-14,20H,5,15-16H2,1-4H3,(H,25,28)/t20-/m1/s1. The summed E-state index contributed by atoms with van der Waals surface area (Å²) in [5, 5.41) is 3.61. The molecule has 0 radical (unpaired) electrons. The first kappa shape index (κ1) is 22.0. The van der Waals surface area contributed by atoms with Crippen LogP contribution in [0.15, 0.2) is 54.6 Å². The number of halogens is 1. The minimum Gasteiger partial charge on any atom is -0.350 e. The van der Waals surface area contributed by atoms with Crippen LogP contribution in [0.3, 0.4) is 0 Å². The van der Waals surface area contributed by atoms with Gasteiger partial charge in [0.2, 0.25) is 11.8 Å². The maximum absolute atomic E-state index is 13.2. The predicted molar refractivity (Wildman–Crippen MR) is 114 cm³/mol. The van der Waals surface area contributed by atoms with Gasteiger partial charge in [0.05, 0.1) is 6.42 Å². The zero-order chi connectivity index (χ0) is 20.7. The largest absolute Gasteiger partial charge is 0.350 e. The molecule has 1 N–H and O–H groups in total. The third kappa shape index (κ3) is 6.68. The summed E-state index contributed by atoms with van der Waals surface area (Å²) >= 11 is 6.06. The van der Waals surface area contributed by atoms with E-state index in [2.05, 4.69) is 5.32 Å². The third-order valence-corrected chi connectivity index (χ3v) is 4.56. The molecule has 0 aliphatic heterocycles. The maximum atomic E-state index is 13.2. The van der Waals surface area contributed by atoms with Crippen LogP contribution in [0.4, 0.5) is 0 Å². The van der Waals surface area contributed by atoms with Crippen LogP contribution in [0.5, 0.6) is 0 Å². The first-order valence-corrected chi connectivity index (χ1v) is 9.97. The second-order valence-electron chi connectivity index (χ2n) is 7.98. The molecule has 0 unspecified atom stereocenters. The van der Waals surface area contributed by atoms with Gasteiger partial charge in [-0.1, -0.05) is 61.0 Å². The first-order valence-electron chi connectivity index (χ1n) is 9.59. The minimum atomic E-state index is -0.536. The van der Waals surface area contributed by atoms with Gasteiger partial charge in [0.25, 0.3) is 0 Å². The van der Waals surface area contributed by atoms with Crippen LogP contribution in [-0.4, -0.2) is 28.3 Å². The molecule has 28 heavy (non-hydrogen) atoms. The normalized spacial score (nSPS) is 12.3. The van der Waals surface area contributed by atoms with Gasteiger partial charge >= 0.3 is 0 Å². The quantitative estimate of drug-likeness (QED) is 0.738. The highest BCUT2D eigenvalue weighted by Crippen LogP contribution is 2.17. The molecule has 0 spiro atoms. The van der Waals surface area contributed by atoms with Gasteiger partial charge in [0.1, 0.15) is 6.04 Å². The Hall–Kier alpha value is -2.33. The summed E-state index contributed by atoms with van der Waals surface area (Å²) in [6.45, 7) is 8.13. The van der Waals surface area contributed by atoms with Crippen LogP contribution in [0, 0.1) is 0 Å². The van der Waals surface area contributed by atoms with Crippen molar-refractivity contribution in [3.63, 3.8) is 0 Å². The van der Waals surface area contributed by atoms with E-state index in [1.165, 1.54) is 0 Å². The first-order chi connectivity index (χ1) is 13.2. The molecule has 0 aliphatic rings. The van der Waals surface area contributed by atoms with E-state index in [9.17, 15) is 9.59 Å². The summed E-state index contributed by atoms with van der Waals surface area (Å²) in [4.78, 5) is 27.8. The van der Waals surface area contributed by atoms with Crippen LogP contribution < -0.4 is 5.32 Å². The molecular formula is C23H29ClN2O2. The van der Waals surface area contributed by atoms with E-state index in [0.29, 0.717) is 18.0 Å². The monoisotopic (exact) mass is 400 g/mol. The van der Waals surface area contributed by atoms with Gasteiger partial charge in [-0.2, -0.15) is 0 Å². The summed E-state index contributed by atoms with van der Waals surface area (Å²) in [5.74, 6) is -0.229. The van der Waals surface area contributed by atoms with E-state index in [1.807, 2.05) is 70.2 Å². The highest BCUT2D eigenvalue weighted by Gasteiger charge is 2.30. The molecule has 2 rings (SSSR count). The number of benzene rings is 2. The van der Waals surface area contributed by atoms with Gasteiger partial charge in [-0.3, -0.25) is 9.59 Å². The molecular weight excluding hydrogens is 372 g/mol. The number of hydrogen-bond acceptors (Lipinski definition) is 2. The number of hydrogen-bond donors (Lipinski definition) is 1. The smallest absolute Gasteiger partial charge is 0.243 e. The molecule has 5 heteroatoms. The van der Waals surface area contributed by atoms with Gasteiger partial charge < -0.3 is 10.2 Å². The summed E-state index contributed by atoms with van der Waals surface area (Å²) < 4.78 is 0. The van der Waals surface area contributed by atoms with Crippen LogP contribution >= 0.6 is 11.6 Å². The van der Waals surface area contributed by atoms with Crippen molar-refractivity contribution < 1.29 is 9.59 Å². The Morgan fingerprint density at radius 3 is 2.25 bits per heavy atom. The molecule has 2 aromatic carbocycles. The molecule has 2 aromatic rings. The molecule has 0 heterocycles. The number of carbonyl (C=O) groups excluding carboxylic acids is 2. The molecule has 1 atom stereocenters. The number of rotatable bonds is 7. The lowest BCUT2D eigenvalue weighted by molar-refractivity contribution is -0.141. The Labute approximate surface area is 172 Å². The summed E-state index contributed by atoms with van der Waals surface area (Å²) in [6, 6.07) is 16.5. The van der Waals surface area contributed by atoms with Crippen molar-refractivity contribution >= 4 is 23.4 Å². The van der Waals surface area contributed by atoms with E-state index < -0.39 is 6.04 Å². The average Bonchev–Trinajstić information content (AvgIpc) is 2.61. The molecule has 0 aromatic heterocycles. The average molecular weight is 401 g/mol. The van der Waals surface area contributed by atoms with Gasteiger partial charge in [-0.05, 0) is 50.5 Å². The highest BCUT2D eigenvalue weighted by molar-refractivity contribution is 6.30. The lowest BCUT2D eigenvalue weighted by Crippen LogP contribution is -2.53. The lowest BCUT2D eigenvalue weighted by atomic mass is 10.0. The Bertz CT molecular complexity index is 800. The van der Waals surface area contributed by atoms with Crippen molar-refractivity contribution in [2.45, 2.75) is 58.7 Å². The number of amides is 2. The van der Waals surface area contributed by atoms with Gasteiger partial charge in [0.15, 0.2) is 0 Å². The Kier molecular flexibility index (Phi) is 7.64.